The molecular weight excluding hydrogens is 406 g/mol. The topological polar surface area (TPSA) is 75.6 Å². The number of hydrogen-bond acceptors (Lipinski definition) is 4. The van der Waals surface area contributed by atoms with Crippen molar-refractivity contribution in [3.05, 3.63) is 83.8 Å². The first-order valence-electron chi connectivity index (χ1n) is 10.1. The van der Waals surface area contributed by atoms with Crippen LogP contribution in [0.4, 0.5) is 5.69 Å². The van der Waals surface area contributed by atoms with Crippen LogP contribution in [0.25, 0.3) is 10.9 Å². The van der Waals surface area contributed by atoms with Crippen LogP contribution >= 0.6 is 11.8 Å². The molecule has 2 aromatic carbocycles. The van der Waals surface area contributed by atoms with Crippen molar-refractivity contribution in [1.29, 1.82) is 0 Å². The van der Waals surface area contributed by atoms with Crippen LogP contribution in [0.15, 0.2) is 66.5 Å². The summed E-state index contributed by atoms with van der Waals surface area (Å²) in [6.45, 7) is 8.44. The summed E-state index contributed by atoms with van der Waals surface area (Å²) in [7, 11) is 0. The van der Waals surface area contributed by atoms with E-state index in [1.54, 1.807) is 0 Å². The molecule has 0 radical (unpaired) electrons. The summed E-state index contributed by atoms with van der Waals surface area (Å²) in [5, 5.41) is 13.7. The SMILES string of the molecule is C=CCn1c(Cc2c[nH]c3ccccc23)nnc1SCC(=O)Nc1c(C)cccc1C. The van der Waals surface area contributed by atoms with Crippen LogP contribution in [0.5, 0.6) is 0 Å². The minimum absolute atomic E-state index is 0.0614. The third-order valence-corrected chi connectivity index (χ3v) is 6.17. The highest BCUT2D eigenvalue weighted by molar-refractivity contribution is 7.99. The van der Waals surface area contributed by atoms with Crippen molar-refractivity contribution in [1.82, 2.24) is 19.7 Å². The average Bonchev–Trinajstić information content (AvgIpc) is 3.34. The monoisotopic (exact) mass is 431 g/mol. The standard InChI is InChI=1S/C24H25N5OS/c1-4-12-29-21(13-18-14-25-20-11-6-5-10-19(18)20)27-28-24(29)31-15-22(30)26-23-16(2)8-7-9-17(23)3/h4-11,14,25H,1,12-13,15H2,2-3H3,(H,26,30). The molecule has 0 saturated heterocycles. The second-order valence-corrected chi connectivity index (χ2v) is 8.38. The highest BCUT2D eigenvalue weighted by Gasteiger charge is 2.16. The van der Waals surface area contributed by atoms with Crippen LogP contribution in [0.2, 0.25) is 0 Å². The van der Waals surface area contributed by atoms with Gasteiger partial charge in [0.15, 0.2) is 5.16 Å². The highest BCUT2D eigenvalue weighted by atomic mass is 32.2. The Morgan fingerprint density at radius 1 is 1.16 bits per heavy atom. The fraction of sp³-hybridized carbons (Fsp3) is 0.208. The molecule has 1 amide bonds. The number of aromatic nitrogens is 4. The number of amides is 1. The fourth-order valence-electron chi connectivity index (χ4n) is 3.63. The molecule has 0 atom stereocenters. The molecule has 2 N–H and O–H groups in total. The molecule has 2 aromatic heterocycles. The Morgan fingerprint density at radius 3 is 2.71 bits per heavy atom. The maximum atomic E-state index is 12.6. The number of rotatable bonds is 8. The molecule has 0 bridgehead atoms. The first-order chi connectivity index (χ1) is 15.1. The quantitative estimate of drug-likeness (QED) is 0.308. The summed E-state index contributed by atoms with van der Waals surface area (Å²) in [6.07, 6.45) is 4.49. The van der Waals surface area contributed by atoms with E-state index < -0.39 is 0 Å². The van der Waals surface area contributed by atoms with E-state index in [0.717, 1.165) is 33.7 Å². The van der Waals surface area contributed by atoms with Crippen LogP contribution in [0.3, 0.4) is 0 Å². The van der Waals surface area contributed by atoms with Crippen molar-refractivity contribution in [3.63, 3.8) is 0 Å². The van der Waals surface area contributed by atoms with Gasteiger partial charge in [-0.05, 0) is 36.6 Å². The number of aromatic amines is 1. The molecule has 4 rings (SSSR count). The smallest absolute Gasteiger partial charge is 0.234 e. The minimum Gasteiger partial charge on any atom is -0.361 e. The lowest BCUT2D eigenvalue weighted by Crippen LogP contribution is -2.16. The molecule has 31 heavy (non-hydrogen) atoms. The third-order valence-electron chi connectivity index (χ3n) is 5.21. The van der Waals surface area contributed by atoms with Crippen molar-refractivity contribution in [2.45, 2.75) is 32.0 Å². The van der Waals surface area contributed by atoms with Crippen LogP contribution in [0, 0.1) is 13.8 Å². The van der Waals surface area contributed by atoms with Gasteiger partial charge in [0.25, 0.3) is 0 Å². The lowest BCUT2D eigenvalue weighted by atomic mass is 10.1. The van der Waals surface area contributed by atoms with E-state index in [1.807, 2.05) is 61.0 Å². The highest BCUT2D eigenvalue weighted by Crippen LogP contribution is 2.24. The third kappa shape index (κ3) is 4.56. The van der Waals surface area contributed by atoms with Crippen LogP contribution < -0.4 is 5.32 Å². The van der Waals surface area contributed by atoms with E-state index in [0.29, 0.717) is 18.1 Å². The molecule has 0 fully saturated rings. The number of para-hydroxylation sites is 2. The Hall–Kier alpha value is -3.32. The minimum atomic E-state index is -0.0614. The Morgan fingerprint density at radius 2 is 1.94 bits per heavy atom. The molecular formula is C24H25N5OS. The summed E-state index contributed by atoms with van der Waals surface area (Å²) in [4.78, 5) is 15.9. The molecule has 0 aliphatic heterocycles. The Balaban J connectivity index is 1.48. The van der Waals surface area contributed by atoms with Gasteiger partial charge in [0.05, 0.1) is 5.75 Å². The zero-order valence-corrected chi connectivity index (χ0v) is 18.5. The number of nitrogens with one attached hydrogen (secondary N) is 2. The largest absolute Gasteiger partial charge is 0.361 e. The van der Waals surface area contributed by atoms with Crippen LogP contribution in [0.1, 0.15) is 22.5 Å². The van der Waals surface area contributed by atoms with Crippen molar-refractivity contribution >= 4 is 34.3 Å². The number of fused-ring (bicyclic) bond motifs is 1. The number of thioether (sulfide) groups is 1. The Bertz CT molecular complexity index is 1220. The van der Waals surface area contributed by atoms with E-state index >= 15 is 0 Å². The van der Waals surface area contributed by atoms with Crippen molar-refractivity contribution < 1.29 is 4.79 Å². The number of aryl methyl sites for hydroxylation is 2. The van der Waals surface area contributed by atoms with Crippen LogP contribution in [-0.2, 0) is 17.8 Å². The van der Waals surface area contributed by atoms with Crippen molar-refractivity contribution in [2.75, 3.05) is 11.1 Å². The lowest BCUT2D eigenvalue weighted by molar-refractivity contribution is -0.113. The predicted octanol–water partition coefficient (Wildman–Crippen LogP) is 4.88. The molecule has 7 heteroatoms. The van der Waals surface area contributed by atoms with Gasteiger partial charge in [0, 0.05) is 35.8 Å². The molecule has 0 aliphatic rings. The number of allylic oxidation sites excluding steroid dienone is 1. The number of carbonyl (C=O) groups excluding carboxylic acids is 1. The van der Waals surface area contributed by atoms with E-state index in [-0.39, 0.29) is 11.7 Å². The summed E-state index contributed by atoms with van der Waals surface area (Å²) < 4.78 is 2.02. The molecule has 2 heterocycles. The summed E-state index contributed by atoms with van der Waals surface area (Å²) in [5.41, 5.74) is 5.24. The van der Waals surface area contributed by atoms with Gasteiger partial charge >= 0.3 is 0 Å². The number of nitrogens with zero attached hydrogens (tertiary/aromatic N) is 3. The molecule has 0 unspecified atom stereocenters. The van der Waals surface area contributed by atoms with Gasteiger partial charge in [-0.3, -0.25) is 4.79 Å². The van der Waals surface area contributed by atoms with Gasteiger partial charge in [-0.1, -0.05) is 54.2 Å². The van der Waals surface area contributed by atoms with Crippen molar-refractivity contribution in [3.8, 4) is 0 Å². The van der Waals surface area contributed by atoms with E-state index in [1.165, 1.54) is 17.1 Å². The Kier molecular flexibility index (Phi) is 6.23. The second-order valence-electron chi connectivity index (χ2n) is 7.44. The summed E-state index contributed by atoms with van der Waals surface area (Å²) in [5.74, 6) is 1.05. The first-order valence-corrected chi connectivity index (χ1v) is 11.1. The maximum absolute atomic E-state index is 12.6. The van der Waals surface area contributed by atoms with E-state index in [9.17, 15) is 4.79 Å². The van der Waals surface area contributed by atoms with Crippen LogP contribution in [-0.4, -0.2) is 31.4 Å². The molecule has 6 nitrogen and oxygen atoms in total. The maximum Gasteiger partial charge on any atom is 0.234 e. The average molecular weight is 432 g/mol. The number of benzene rings is 2. The van der Waals surface area contributed by atoms with Gasteiger partial charge in [0.1, 0.15) is 5.82 Å². The zero-order valence-electron chi connectivity index (χ0n) is 17.7. The second kappa shape index (κ2) is 9.22. The first kappa shape index (κ1) is 20.9. The summed E-state index contributed by atoms with van der Waals surface area (Å²) >= 11 is 1.38. The van der Waals surface area contributed by atoms with E-state index in [4.69, 9.17) is 0 Å². The number of H-pyrrole nitrogens is 1. The van der Waals surface area contributed by atoms with Gasteiger partial charge in [-0.2, -0.15) is 0 Å². The normalized spacial score (nSPS) is 11.0. The summed E-state index contributed by atoms with van der Waals surface area (Å²) in [6, 6.07) is 14.2. The number of carbonyl (C=O) groups is 1. The number of hydrogen-bond donors (Lipinski definition) is 2. The Labute approximate surface area is 185 Å². The number of anilines is 1. The van der Waals surface area contributed by atoms with Crippen molar-refractivity contribution in [2.24, 2.45) is 0 Å². The lowest BCUT2D eigenvalue weighted by Gasteiger charge is -2.11. The van der Waals surface area contributed by atoms with Gasteiger partial charge in [-0.15, -0.1) is 16.8 Å². The van der Waals surface area contributed by atoms with Gasteiger partial charge < -0.3 is 14.9 Å². The molecule has 0 saturated carbocycles. The molecule has 0 aliphatic carbocycles. The fourth-order valence-corrected chi connectivity index (χ4v) is 4.40. The van der Waals surface area contributed by atoms with Gasteiger partial charge in [-0.25, -0.2) is 0 Å². The molecule has 0 spiro atoms. The predicted molar refractivity (Wildman–Crippen MR) is 127 cm³/mol. The zero-order chi connectivity index (χ0) is 21.8. The van der Waals surface area contributed by atoms with Gasteiger partial charge in [0.2, 0.25) is 5.91 Å². The van der Waals surface area contributed by atoms with E-state index in [2.05, 4.69) is 39.2 Å². The molecule has 4 aromatic rings. The molecule has 158 valence electrons.